The standard InChI is InChI=1S/C32H26ClN3O4/c1-3-21-12-9-14-24-28(23-13-7-8-15-25(23)33)30(35-29(21)24)31(37)36-34-19-20-16-17-26(27(18-20)39-2)40-32(38)22-10-5-4-6-11-22/h4-19,35H,3H2,1-2H3,(H,36,37). The van der Waals surface area contributed by atoms with E-state index in [1.165, 1.54) is 13.3 Å². The maximum absolute atomic E-state index is 13.4. The highest BCUT2D eigenvalue weighted by molar-refractivity contribution is 6.34. The molecular formula is C32H26ClN3O4. The average molecular weight is 552 g/mol. The molecule has 0 aliphatic heterocycles. The van der Waals surface area contributed by atoms with Gasteiger partial charge >= 0.3 is 5.97 Å². The number of rotatable bonds is 8. The number of methoxy groups -OCH3 is 1. The van der Waals surface area contributed by atoms with Crippen molar-refractivity contribution in [3.63, 3.8) is 0 Å². The number of halogens is 1. The number of para-hydroxylation sites is 1. The molecule has 1 heterocycles. The topological polar surface area (TPSA) is 92.8 Å². The van der Waals surface area contributed by atoms with Crippen molar-refractivity contribution >= 4 is 40.6 Å². The maximum Gasteiger partial charge on any atom is 0.343 e. The minimum absolute atomic E-state index is 0.270. The number of benzene rings is 4. The van der Waals surface area contributed by atoms with Crippen LogP contribution in [-0.4, -0.2) is 30.2 Å². The van der Waals surface area contributed by atoms with Crippen LogP contribution >= 0.6 is 11.6 Å². The lowest BCUT2D eigenvalue weighted by atomic mass is 9.99. The number of carbonyl (C=O) groups is 2. The van der Waals surface area contributed by atoms with Crippen LogP contribution in [-0.2, 0) is 6.42 Å². The summed E-state index contributed by atoms with van der Waals surface area (Å²) in [7, 11) is 1.48. The molecule has 40 heavy (non-hydrogen) atoms. The lowest BCUT2D eigenvalue weighted by Crippen LogP contribution is -2.19. The van der Waals surface area contributed by atoms with Crippen LogP contribution in [0.1, 0.15) is 38.9 Å². The molecule has 0 saturated carbocycles. The van der Waals surface area contributed by atoms with E-state index in [-0.39, 0.29) is 5.75 Å². The molecule has 4 aromatic carbocycles. The van der Waals surface area contributed by atoms with Crippen LogP contribution in [0.2, 0.25) is 5.02 Å². The second kappa shape index (κ2) is 11.9. The number of H-pyrrole nitrogens is 1. The summed E-state index contributed by atoms with van der Waals surface area (Å²) in [6, 6.07) is 27.1. The van der Waals surface area contributed by atoms with Crippen LogP contribution in [0.5, 0.6) is 11.5 Å². The number of hydrogen-bond acceptors (Lipinski definition) is 5. The van der Waals surface area contributed by atoms with Crippen molar-refractivity contribution in [2.75, 3.05) is 7.11 Å². The van der Waals surface area contributed by atoms with Crippen LogP contribution in [0, 0.1) is 0 Å². The minimum atomic E-state index is -0.494. The van der Waals surface area contributed by atoms with Gasteiger partial charge in [0.05, 0.1) is 18.9 Å². The molecule has 1 aromatic heterocycles. The zero-order chi connectivity index (χ0) is 28.1. The smallest absolute Gasteiger partial charge is 0.343 e. The van der Waals surface area contributed by atoms with E-state index in [2.05, 4.69) is 22.4 Å². The van der Waals surface area contributed by atoms with E-state index in [0.717, 1.165) is 34.0 Å². The third-order valence-electron chi connectivity index (χ3n) is 6.45. The van der Waals surface area contributed by atoms with Gasteiger partial charge in [-0.25, -0.2) is 10.2 Å². The second-order valence-electron chi connectivity index (χ2n) is 8.91. The summed E-state index contributed by atoms with van der Waals surface area (Å²) >= 11 is 6.54. The number of carbonyl (C=O) groups excluding carboxylic acids is 2. The van der Waals surface area contributed by atoms with Gasteiger partial charge in [-0.2, -0.15) is 5.10 Å². The fraction of sp³-hybridized carbons (Fsp3) is 0.0938. The molecule has 1 amide bonds. The summed E-state index contributed by atoms with van der Waals surface area (Å²) in [5.41, 5.74) is 7.48. The van der Waals surface area contributed by atoms with Crippen LogP contribution in [0.4, 0.5) is 0 Å². The van der Waals surface area contributed by atoms with Gasteiger partial charge in [-0.1, -0.05) is 73.1 Å². The number of aromatic nitrogens is 1. The quantitative estimate of drug-likeness (QED) is 0.0935. The Labute approximate surface area is 236 Å². The first-order valence-corrected chi connectivity index (χ1v) is 13.0. The molecule has 2 N–H and O–H groups in total. The highest BCUT2D eigenvalue weighted by Gasteiger charge is 2.22. The van der Waals surface area contributed by atoms with E-state index < -0.39 is 11.9 Å². The first kappa shape index (κ1) is 26.7. The number of nitrogens with zero attached hydrogens (tertiary/aromatic N) is 1. The molecule has 0 atom stereocenters. The van der Waals surface area contributed by atoms with Crippen molar-refractivity contribution in [2.45, 2.75) is 13.3 Å². The van der Waals surface area contributed by atoms with Crippen LogP contribution in [0.3, 0.4) is 0 Å². The van der Waals surface area contributed by atoms with E-state index >= 15 is 0 Å². The third-order valence-corrected chi connectivity index (χ3v) is 6.78. The SMILES string of the molecule is CCc1cccc2c(-c3ccccc3Cl)c(C(=O)NN=Cc3ccc(OC(=O)c4ccccc4)c(OC)c3)[nH]c12. The number of hydrogen-bond donors (Lipinski definition) is 2. The van der Waals surface area contributed by atoms with Gasteiger partial charge in [0.1, 0.15) is 5.69 Å². The Balaban J connectivity index is 1.39. The molecule has 5 rings (SSSR count). The van der Waals surface area contributed by atoms with Gasteiger partial charge < -0.3 is 14.5 Å². The number of nitrogens with one attached hydrogen (secondary N) is 2. The van der Waals surface area contributed by atoms with Gasteiger partial charge in [-0.3, -0.25) is 4.79 Å². The summed E-state index contributed by atoms with van der Waals surface area (Å²) in [5, 5.41) is 5.61. The molecule has 0 aliphatic carbocycles. The minimum Gasteiger partial charge on any atom is -0.493 e. The van der Waals surface area contributed by atoms with E-state index in [0.29, 0.717) is 27.6 Å². The Kier molecular flexibility index (Phi) is 7.94. The van der Waals surface area contributed by atoms with Crippen molar-refractivity contribution in [2.24, 2.45) is 5.10 Å². The van der Waals surface area contributed by atoms with Crippen LogP contribution in [0.15, 0.2) is 96.1 Å². The zero-order valence-electron chi connectivity index (χ0n) is 21.9. The summed E-state index contributed by atoms with van der Waals surface area (Å²) in [4.78, 5) is 29.1. The Bertz CT molecular complexity index is 1730. The lowest BCUT2D eigenvalue weighted by Gasteiger charge is -2.10. The third kappa shape index (κ3) is 5.46. The molecule has 5 aromatic rings. The number of esters is 1. The molecule has 0 fully saturated rings. The number of fused-ring (bicyclic) bond motifs is 1. The number of aryl methyl sites for hydroxylation is 1. The average Bonchev–Trinajstić information content (AvgIpc) is 3.38. The Morgan fingerprint density at radius 1 is 0.950 bits per heavy atom. The molecule has 0 unspecified atom stereocenters. The van der Waals surface area contributed by atoms with Crippen molar-refractivity contribution in [1.82, 2.24) is 10.4 Å². The van der Waals surface area contributed by atoms with Crippen LogP contribution < -0.4 is 14.9 Å². The summed E-state index contributed by atoms with van der Waals surface area (Å²) < 4.78 is 10.9. The molecule has 0 saturated heterocycles. The molecule has 0 bridgehead atoms. The van der Waals surface area contributed by atoms with Gasteiger partial charge in [0, 0.05) is 27.1 Å². The predicted molar refractivity (Wildman–Crippen MR) is 158 cm³/mol. The number of aromatic amines is 1. The van der Waals surface area contributed by atoms with Crippen molar-refractivity contribution in [3.8, 4) is 22.6 Å². The molecule has 0 spiro atoms. The molecule has 7 nitrogen and oxygen atoms in total. The van der Waals surface area contributed by atoms with Gasteiger partial charge in [0.15, 0.2) is 11.5 Å². The predicted octanol–water partition coefficient (Wildman–Crippen LogP) is 7.04. The van der Waals surface area contributed by atoms with E-state index in [9.17, 15) is 9.59 Å². The highest BCUT2D eigenvalue weighted by Crippen LogP contribution is 2.37. The van der Waals surface area contributed by atoms with Crippen molar-refractivity contribution in [3.05, 3.63) is 118 Å². The van der Waals surface area contributed by atoms with Crippen LogP contribution in [0.25, 0.3) is 22.0 Å². The molecular weight excluding hydrogens is 526 g/mol. The molecule has 8 heteroatoms. The monoisotopic (exact) mass is 551 g/mol. The maximum atomic E-state index is 13.4. The fourth-order valence-electron chi connectivity index (χ4n) is 4.49. The largest absolute Gasteiger partial charge is 0.493 e. The molecule has 0 radical (unpaired) electrons. The molecule has 0 aliphatic rings. The van der Waals surface area contributed by atoms with Gasteiger partial charge in [-0.15, -0.1) is 0 Å². The van der Waals surface area contributed by atoms with Crippen molar-refractivity contribution in [1.29, 1.82) is 0 Å². The Morgan fingerprint density at radius 3 is 2.48 bits per heavy atom. The number of amides is 1. The summed E-state index contributed by atoms with van der Waals surface area (Å²) in [6.07, 6.45) is 2.29. The van der Waals surface area contributed by atoms with E-state index in [1.54, 1.807) is 48.5 Å². The number of hydrazone groups is 1. The Hall–Kier alpha value is -4.88. The van der Waals surface area contributed by atoms with Crippen molar-refractivity contribution < 1.29 is 19.1 Å². The lowest BCUT2D eigenvalue weighted by molar-refractivity contribution is 0.0729. The normalized spacial score (nSPS) is 11.1. The number of ether oxygens (including phenoxy) is 2. The van der Waals surface area contributed by atoms with Gasteiger partial charge in [0.2, 0.25) is 0 Å². The van der Waals surface area contributed by atoms with Gasteiger partial charge in [0.25, 0.3) is 5.91 Å². The first-order valence-electron chi connectivity index (χ1n) is 12.7. The Morgan fingerprint density at radius 2 is 1.73 bits per heavy atom. The zero-order valence-corrected chi connectivity index (χ0v) is 22.7. The summed E-state index contributed by atoms with van der Waals surface area (Å²) in [5.74, 6) is -0.286. The first-order chi connectivity index (χ1) is 19.5. The second-order valence-corrected chi connectivity index (χ2v) is 9.32. The van der Waals surface area contributed by atoms with E-state index in [4.69, 9.17) is 21.1 Å². The summed E-state index contributed by atoms with van der Waals surface area (Å²) in [6.45, 7) is 2.07. The fourth-order valence-corrected chi connectivity index (χ4v) is 4.72. The van der Waals surface area contributed by atoms with E-state index in [1.807, 2.05) is 42.5 Å². The van der Waals surface area contributed by atoms with Gasteiger partial charge in [-0.05, 0) is 53.9 Å². The molecule has 200 valence electrons. The highest BCUT2D eigenvalue weighted by atomic mass is 35.5.